The molecule has 1 amide bonds. The van der Waals surface area contributed by atoms with Gasteiger partial charge >= 0.3 is 0 Å². The predicted molar refractivity (Wildman–Crippen MR) is 77.4 cm³/mol. The zero-order valence-corrected chi connectivity index (χ0v) is 12.0. The summed E-state index contributed by atoms with van der Waals surface area (Å²) < 4.78 is 1.68. The summed E-state index contributed by atoms with van der Waals surface area (Å²) in [5.74, 6) is -0.384. The van der Waals surface area contributed by atoms with Crippen molar-refractivity contribution >= 4 is 23.2 Å². The van der Waals surface area contributed by atoms with E-state index < -0.39 is 4.92 Å². The van der Waals surface area contributed by atoms with Gasteiger partial charge in [0.1, 0.15) is 5.02 Å². The Kier molecular flexibility index (Phi) is 4.54. The van der Waals surface area contributed by atoms with Crippen LogP contribution in [0.5, 0.6) is 0 Å². The highest BCUT2D eigenvalue weighted by Crippen LogP contribution is 2.24. The molecule has 2 aromatic rings. The Morgan fingerprint density at radius 1 is 1.48 bits per heavy atom. The number of nitro benzene ring substituents is 1. The van der Waals surface area contributed by atoms with Crippen LogP contribution in [0, 0.1) is 10.1 Å². The normalized spacial score (nSPS) is 10.4. The zero-order valence-electron chi connectivity index (χ0n) is 11.2. The summed E-state index contributed by atoms with van der Waals surface area (Å²) in [6, 6.07) is 5.82. The summed E-state index contributed by atoms with van der Waals surface area (Å²) >= 11 is 5.70. The fourth-order valence-corrected chi connectivity index (χ4v) is 1.98. The van der Waals surface area contributed by atoms with E-state index in [-0.39, 0.29) is 22.2 Å². The summed E-state index contributed by atoms with van der Waals surface area (Å²) in [6.45, 7) is 0.395. The molecule has 7 nitrogen and oxygen atoms in total. The zero-order chi connectivity index (χ0) is 15.4. The summed E-state index contributed by atoms with van der Waals surface area (Å²) in [6.07, 6.45) is 2.40. The Hall–Kier alpha value is -2.41. The Bertz CT molecular complexity index is 684. The molecular formula is C13H13ClN4O3. The smallest absolute Gasteiger partial charge is 0.288 e. The molecule has 0 fully saturated rings. The van der Waals surface area contributed by atoms with Crippen molar-refractivity contribution < 1.29 is 9.72 Å². The summed E-state index contributed by atoms with van der Waals surface area (Å²) in [7, 11) is 1.81. The number of aryl methyl sites for hydroxylation is 1. The first kappa shape index (κ1) is 15.0. The first-order valence-electron chi connectivity index (χ1n) is 6.18. The second kappa shape index (κ2) is 6.36. The van der Waals surface area contributed by atoms with E-state index in [9.17, 15) is 14.9 Å². The van der Waals surface area contributed by atoms with Gasteiger partial charge in [0.15, 0.2) is 0 Å². The molecule has 1 heterocycles. The van der Waals surface area contributed by atoms with Crippen LogP contribution in [-0.4, -0.2) is 27.2 Å². The number of aromatic nitrogens is 2. The lowest BCUT2D eigenvalue weighted by Gasteiger charge is -2.04. The van der Waals surface area contributed by atoms with Crippen molar-refractivity contribution in [1.29, 1.82) is 0 Å². The van der Waals surface area contributed by atoms with E-state index >= 15 is 0 Å². The Balaban J connectivity index is 1.97. The molecule has 0 spiro atoms. The number of nitrogens with one attached hydrogen (secondary N) is 1. The van der Waals surface area contributed by atoms with Crippen molar-refractivity contribution in [1.82, 2.24) is 15.1 Å². The van der Waals surface area contributed by atoms with Crippen molar-refractivity contribution in [3.8, 4) is 0 Å². The topological polar surface area (TPSA) is 90.1 Å². The van der Waals surface area contributed by atoms with Gasteiger partial charge in [0.05, 0.1) is 10.6 Å². The second-order valence-corrected chi connectivity index (χ2v) is 4.82. The van der Waals surface area contributed by atoms with E-state index in [1.54, 1.807) is 4.68 Å². The maximum atomic E-state index is 11.9. The maximum absolute atomic E-state index is 11.9. The molecule has 1 N–H and O–H groups in total. The molecule has 0 bridgehead atoms. The maximum Gasteiger partial charge on any atom is 0.288 e. The van der Waals surface area contributed by atoms with Gasteiger partial charge in [0.2, 0.25) is 0 Å². The number of nitrogens with zero attached hydrogens (tertiary/aromatic N) is 3. The molecule has 1 aromatic carbocycles. The van der Waals surface area contributed by atoms with Crippen LogP contribution in [0.1, 0.15) is 16.1 Å². The van der Waals surface area contributed by atoms with Crippen molar-refractivity contribution in [2.45, 2.75) is 6.42 Å². The van der Waals surface area contributed by atoms with Gasteiger partial charge in [-0.2, -0.15) is 5.10 Å². The molecule has 0 radical (unpaired) electrons. The van der Waals surface area contributed by atoms with Crippen molar-refractivity contribution in [2.75, 3.05) is 6.54 Å². The minimum Gasteiger partial charge on any atom is -0.352 e. The van der Waals surface area contributed by atoms with Gasteiger partial charge in [-0.25, -0.2) is 0 Å². The largest absolute Gasteiger partial charge is 0.352 e. The van der Waals surface area contributed by atoms with Gasteiger partial charge < -0.3 is 5.32 Å². The minimum absolute atomic E-state index is 0.00466. The van der Waals surface area contributed by atoms with Crippen molar-refractivity contribution in [3.05, 3.63) is 56.9 Å². The molecule has 0 unspecified atom stereocenters. The second-order valence-electron chi connectivity index (χ2n) is 4.41. The summed E-state index contributed by atoms with van der Waals surface area (Å²) in [4.78, 5) is 22.1. The fraction of sp³-hybridized carbons (Fsp3) is 0.231. The number of amides is 1. The van der Waals surface area contributed by atoms with Gasteiger partial charge in [0.25, 0.3) is 11.6 Å². The standard InChI is InChI=1S/C13H13ClN4O3/c1-17-7-5-10(16-17)4-6-15-13(19)9-2-3-11(14)12(8-9)18(20)21/h2-3,5,7-8H,4,6H2,1H3,(H,15,19). The SMILES string of the molecule is Cn1ccc(CCNC(=O)c2ccc(Cl)c([N+](=O)[O-])c2)n1. The van der Waals surface area contributed by atoms with Crippen molar-refractivity contribution in [3.63, 3.8) is 0 Å². The van der Waals surface area contributed by atoms with Crippen LogP contribution in [0.4, 0.5) is 5.69 Å². The van der Waals surface area contributed by atoms with Crippen LogP contribution in [0.3, 0.4) is 0 Å². The molecule has 1 aromatic heterocycles. The highest BCUT2D eigenvalue weighted by Gasteiger charge is 2.16. The van der Waals surface area contributed by atoms with Gasteiger partial charge in [-0.05, 0) is 18.2 Å². The predicted octanol–water partition coefficient (Wildman–Crippen LogP) is 1.95. The molecule has 0 atom stereocenters. The van der Waals surface area contributed by atoms with E-state index in [2.05, 4.69) is 10.4 Å². The Morgan fingerprint density at radius 2 is 2.24 bits per heavy atom. The molecule has 0 saturated carbocycles. The highest BCUT2D eigenvalue weighted by molar-refractivity contribution is 6.32. The molecule has 2 rings (SSSR count). The monoisotopic (exact) mass is 308 g/mol. The first-order valence-corrected chi connectivity index (χ1v) is 6.56. The lowest BCUT2D eigenvalue weighted by molar-refractivity contribution is -0.384. The van der Waals surface area contributed by atoms with Crippen LogP contribution in [0.2, 0.25) is 5.02 Å². The van der Waals surface area contributed by atoms with Crippen LogP contribution < -0.4 is 5.32 Å². The minimum atomic E-state index is -0.618. The molecule has 110 valence electrons. The molecule has 0 aliphatic heterocycles. The molecule has 8 heteroatoms. The third kappa shape index (κ3) is 3.79. The van der Waals surface area contributed by atoms with E-state index in [0.717, 1.165) is 5.69 Å². The summed E-state index contributed by atoms with van der Waals surface area (Å²) in [5.41, 5.74) is 0.779. The number of hydrogen-bond acceptors (Lipinski definition) is 4. The van der Waals surface area contributed by atoms with E-state index in [1.165, 1.54) is 18.2 Å². The van der Waals surface area contributed by atoms with Crippen LogP contribution >= 0.6 is 11.6 Å². The summed E-state index contributed by atoms with van der Waals surface area (Å²) in [5, 5.41) is 17.7. The highest BCUT2D eigenvalue weighted by atomic mass is 35.5. The van der Waals surface area contributed by atoms with Gasteiger partial charge in [-0.3, -0.25) is 19.6 Å². The molecule has 0 aliphatic rings. The van der Waals surface area contributed by atoms with Crippen molar-refractivity contribution in [2.24, 2.45) is 7.05 Å². The molecule has 0 aliphatic carbocycles. The van der Waals surface area contributed by atoms with E-state index in [1.807, 2.05) is 19.3 Å². The third-order valence-electron chi connectivity index (χ3n) is 2.84. The number of carbonyl (C=O) groups excluding carboxylic acids is 1. The molecule has 21 heavy (non-hydrogen) atoms. The molecule has 0 saturated heterocycles. The number of carbonyl (C=O) groups is 1. The Labute approximate surface area is 125 Å². The quantitative estimate of drug-likeness (QED) is 0.675. The average Bonchev–Trinajstić information content (AvgIpc) is 2.84. The number of nitro groups is 1. The van der Waals surface area contributed by atoms with E-state index in [4.69, 9.17) is 11.6 Å². The lowest BCUT2D eigenvalue weighted by Crippen LogP contribution is -2.25. The number of hydrogen-bond donors (Lipinski definition) is 1. The van der Waals surface area contributed by atoms with Gasteiger partial charge in [0, 0.05) is 37.8 Å². The number of halogens is 1. The third-order valence-corrected chi connectivity index (χ3v) is 3.16. The Morgan fingerprint density at radius 3 is 2.86 bits per heavy atom. The number of rotatable bonds is 5. The van der Waals surface area contributed by atoms with Crippen LogP contribution in [-0.2, 0) is 13.5 Å². The fourth-order valence-electron chi connectivity index (χ4n) is 1.80. The first-order chi connectivity index (χ1) is 9.97. The number of benzene rings is 1. The molecular weight excluding hydrogens is 296 g/mol. The van der Waals surface area contributed by atoms with Crippen LogP contribution in [0.15, 0.2) is 30.5 Å². The van der Waals surface area contributed by atoms with E-state index in [0.29, 0.717) is 13.0 Å². The van der Waals surface area contributed by atoms with Gasteiger partial charge in [-0.15, -0.1) is 0 Å². The van der Waals surface area contributed by atoms with Crippen LogP contribution in [0.25, 0.3) is 0 Å². The lowest BCUT2D eigenvalue weighted by atomic mass is 10.2. The van der Waals surface area contributed by atoms with Gasteiger partial charge in [-0.1, -0.05) is 11.6 Å². The average molecular weight is 309 g/mol.